The standard InChI is InChI=1S/C24H28F5N5OS/c1-13-5-16-20(32-23-22(16)36-12-30-23)21(34(13)10-24(28,29)11-35)19-17(26)6-14(7-18(19)27)31-15-8-33(9-15)4-2-3-25/h6-7,12-13,15,21,31-32,35H,2-5,8-11H2,1H3. The van der Waals surface area contributed by atoms with Crippen LogP contribution in [0.4, 0.5) is 27.6 Å². The van der Waals surface area contributed by atoms with Crippen LogP contribution in [-0.2, 0) is 6.42 Å². The van der Waals surface area contributed by atoms with Crippen LogP contribution in [0.1, 0.15) is 36.2 Å². The molecule has 0 aliphatic carbocycles. The van der Waals surface area contributed by atoms with Gasteiger partial charge in [0.05, 0.1) is 35.5 Å². The Morgan fingerprint density at radius 1 is 1.25 bits per heavy atom. The summed E-state index contributed by atoms with van der Waals surface area (Å²) in [6.07, 6.45) is 0.850. The fraction of sp³-hybridized carbons (Fsp3) is 0.542. The molecule has 1 aromatic carbocycles. The van der Waals surface area contributed by atoms with Crippen molar-refractivity contribution in [1.29, 1.82) is 0 Å². The summed E-state index contributed by atoms with van der Waals surface area (Å²) < 4.78 is 73.0. The average Bonchev–Trinajstić information content (AvgIpc) is 3.39. The molecule has 2 unspecified atom stereocenters. The molecule has 6 nitrogen and oxygen atoms in total. The lowest BCUT2D eigenvalue weighted by molar-refractivity contribution is -0.0869. The number of fused-ring (bicyclic) bond motifs is 3. The lowest BCUT2D eigenvalue weighted by atomic mass is 9.88. The van der Waals surface area contributed by atoms with E-state index in [2.05, 4.69) is 15.3 Å². The highest BCUT2D eigenvalue weighted by molar-refractivity contribution is 7.16. The number of alkyl halides is 3. The van der Waals surface area contributed by atoms with E-state index in [1.165, 1.54) is 28.4 Å². The molecule has 1 fully saturated rings. The minimum Gasteiger partial charge on any atom is -0.390 e. The zero-order chi connectivity index (χ0) is 25.6. The normalized spacial score (nSPS) is 21.6. The molecule has 4 heterocycles. The van der Waals surface area contributed by atoms with Gasteiger partial charge < -0.3 is 15.4 Å². The largest absolute Gasteiger partial charge is 0.390 e. The number of likely N-dealkylation sites (tertiary alicyclic amines) is 1. The first-order valence-electron chi connectivity index (χ1n) is 11.9. The summed E-state index contributed by atoms with van der Waals surface area (Å²) in [6, 6.07) is 0.747. The van der Waals surface area contributed by atoms with Crippen LogP contribution in [-0.4, -0.2) is 82.3 Å². The number of aromatic nitrogens is 2. The van der Waals surface area contributed by atoms with Crippen molar-refractivity contribution in [2.75, 3.05) is 44.8 Å². The SMILES string of the molecule is CC1Cc2c([nH]c3ncsc23)C(c2c(F)cc(NC3CN(CCCF)C3)cc2F)N1CC(F)(F)CO. The van der Waals surface area contributed by atoms with E-state index >= 15 is 8.78 Å². The molecule has 3 N–H and O–H groups in total. The number of benzene rings is 1. The molecule has 1 saturated heterocycles. The van der Waals surface area contributed by atoms with Crippen molar-refractivity contribution in [3.05, 3.63) is 46.1 Å². The predicted octanol–water partition coefficient (Wildman–Crippen LogP) is 4.32. The quantitative estimate of drug-likeness (QED) is 0.361. The van der Waals surface area contributed by atoms with Gasteiger partial charge in [0.2, 0.25) is 0 Å². The van der Waals surface area contributed by atoms with Crippen LogP contribution in [0, 0.1) is 11.6 Å². The Morgan fingerprint density at radius 2 is 1.97 bits per heavy atom. The summed E-state index contributed by atoms with van der Waals surface area (Å²) in [4.78, 5) is 10.8. The zero-order valence-electron chi connectivity index (χ0n) is 19.7. The topological polar surface area (TPSA) is 67.4 Å². The molecule has 0 amide bonds. The molecule has 0 saturated carbocycles. The van der Waals surface area contributed by atoms with E-state index in [9.17, 15) is 18.3 Å². The van der Waals surface area contributed by atoms with Crippen LogP contribution in [0.3, 0.4) is 0 Å². The van der Waals surface area contributed by atoms with Gasteiger partial charge in [-0.25, -0.2) is 22.5 Å². The smallest absolute Gasteiger partial charge is 0.283 e. The summed E-state index contributed by atoms with van der Waals surface area (Å²) in [5.41, 5.74) is 3.41. The second-order valence-corrected chi connectivity index (χ2v) is 10.5. The van der Waals surface area contributed by atoms with E-state index in [4.69, 9.17) is 0 Å². The molecule has 5 rings (SSSR count). The van der Waals surface area contributed by atoms with Crippen LogP contribution >= 0.6 is 11.3 Å². The van der Waals surface area contributed by atoms with Crippen molar-refractivity contribution in [2.45, 2.75) is 43.8 Å². The maximum atomic E-state index is 15.6. The summed E-state index contributed by atoms with van der Waals surface area (Å²) >= 11 is 1.39. The van der Waals surface area contributed by atoms with Crippen LogP contribution < -0.4 is 5.32 Å². The molecule has 0 spiro atoms. The molecule has 0 bridgehead atoms. The summed E-state index contributed by atoms with van der Waals surface area (Å²) in [7, 11) is 0. The van der Waals surface area contributed by atoms with Gasteiger partial charge >= 0.3 is 0 Å². The van der Waals surface area contributed by atoms with E-state index in [1.54, 1.807) is 12.4 Å². The van der Waals surface area contributed by atoms with E-state index in [1.807, 2.05) is 4.90 Å². The summed E-state index contributed by atoms with van der Waals surface area (Å²) in [6.45, 7) is 1.05. The van der Waals surface area contributed by atoms with E-state index in [-0.39, 0.29) is 24.0 Å². The van der Waals surface area contributed by atoms with Gasteiger partial charge in [-0.2, -0.15) is 0 Å². The molecule has 196 valence electrons. The highest BCUT2D eigenvalue weighted by atomic mass is 32.1. The van der Waals surface area contributed by atoms with Crippen molar-refractivity contribution in [3.8, 4) is 0 Å². The van der Waals surface area contributed by atoms with Crippen molar-refractivity contribution in [2.24, 2.45) is 0 Å². The molecular formula is C24H28F5N5OS. The number of aromatic amines is 1. The third-order valence-corrected chi connectivity index (χ3v) is 7.91. The maximum absolute atomic E-state index is 15.6. The number of hydrogen-bond donors (Lipinski definition) is 3. The third-order valence-electron chi connectivity index (χ3n) is 7.02. The summed E-state index contributed by atoms with van der Waals surface area (Å²) in [5.74, 6) is -5.14. The first-order chi connectivity index (χ1) is 17.2. The van der Waals surface area contributed by atoms with Gasteiger partial charge in [0, 0.05) is 42.6 Å². The highest BCUT2D eigenvalue weighted by Crippen LogP contribution is 2.44. The fourth-order valence-electron chi connectivity index (χ4n) is 5.31. The van der Waals surface area contributed by atoms with E-state index in [0.717, 1.165) is 10.3 Å². The highest BCUT2D eigenvalue weighted by Gasteiger charge is 2.44. The Labute approximate surface area is 209 Å². The van der Waals surface area contributed by atoms with E-state index in [0.29, 0.717) is 43.8 Å². The number of thiazole rings is 1. The fourth-order valence-corrected chi connectivity index (χ4v) is 6.12. The van der Waals surface area contributed by atoms with Crippen molar-refractivity contribution >= 4 is 27.4 Å². The molecule has 2 aromatic heterocycles. The number of halogens is 5. The first kappa shape index (κ1) is 25.4. The van der Waals surface area contributed by atoms with Gasteiger partial charge in [0.15, 0.2) is 0 Å². The maximum Gasteiger partial charge on any atom is 0.283 e. The average molecular weight is 530 g/mol. The molecule has 0 radical (unpaired) electrons. The monoisotopic (exact) mass is 529 g/mol. The van der Waals surface area contributed by atoms with Gasteiger partial charge in [-0.05, 0) is 37.5 Å². The lowest BCUT2D eigenvalue weighted by Gasteiger charge is -2.42. The van der Waals surface area contributed by atoms with Crippen LogP contribution in [0.2, 0.25) is 0 Å². The van der Waals surface area contributed by atoms with Crippen LogP contribution in [0.15, 0.2) is 17.6 Å². The Hall–Kier alpha value is -2.28. The van der Waals surface area contributed by atoms with Crippen molar-refractivity contribution < 1.29 is 27.1 Å². The van der Waals surface area contributed by atoms with Gasteiger partial charge in [-0.15, -0.1) is 11.3 Å². The van der Waals surface area contributed by atoms with Gasteiger partial charge in [0.1, 0.15) is 23.9 Å². The minimum absolute atomic E-state index is 0.0171. The number of H-pyrrole nitrogens is 1. The van der Waals surface area contributed by atoms with E-state index < -0.39 is 42.8 Å². The second kappa shape index (κ2) is 9.88. The Kier molecular flexibility index (Phi) is 6.96. The number of nitrogens with zero attached hydrogens (tertiary/aromatic N) is 3. The molecule has 36 heavy (non-hydrogen) atoms. The van der Waals surface area contributed by atoms with Crippen LogP contribution in [0.5, 0.6) is 0 Å². The second-order valence-electron chi connectivity index (χ2n) is 9.69. The number of rotatable bonds is 9. The third kappa shape index (κ3) is 4.71. The predicted molar refractivity (Wildman–Crippen MR) is 129 cm³/mol. The van der Waals surface area contributed by atoms with Gasteiger partial charge in [0.25, 0.3) is 5.92 Å². The zero-order valence-corrected chi connectivity index (χ0v) is 20.5. The number of nitrogens with one attached hydrogen (secondary N) is 2. The Bertz CT molecular complexity index is 1200. The molecular weight excluding hydrogens is 501 g/mol. The minimum atomic E-state index is -3.45. The number of anilines is 1. The molecule has 2 aliphatic heterocycles. The van der Waals surface area contributed by atoms with Crippen molar-refractivity contribution in [3.63, 3.8) is 0 Å². The molecule has 2 aliphatic rings. The van der Waals surface area contributed by atoms with Crippen molar-refractivity contribution in [1.82, 2.24) is 19.8 Å². The van der Waals surface area contributed by atoms with Gasteiger partial charge in [-0.3, -0.25) is 14.2 Å². The Morgan fingerprint density at radius 3 is 2.64 bits per heavy atom. The molecule has 2 atom stereocenters. The summed E-state index contributed by atoms with van der Waals surface area (Å²) in [5, 5.41) is 12.3. The number of aliphatic hydroxyl groups is 1. The Balaban J connectivity index is 1.48. The van der Waals surface area contributed by atoms with Crippen LogP contribution in [0.25, 0.3) is 10.3 Å². The molecule has 12 heteroatoms. The number of aliphatic hydroxyl groups excluding tert-OH is 1. The lowest BCUT2D eigenvalue weighted by Crippen LogP contribution is -2.54. The molecule has 3 aromatic rings. The number of hydrogen-bond acceptors (Lipinski definition) is 6. The van der Waals surface area contributed by atoms with Gasteiger partial charge in [-0.1, -0.05) is 0 Å². The first-order valence-corrected chi connectivity index (χ1v) is 12.8.